The van der Waals surface area contributed by atoms with Crippen LogP contribution in [0.1, 0.15) is 12.5 Å². The lowest BCUT2D eigenvalue weighted by molar-refractivity contribution is -0.123. The number of hydrogen-bond acceptors (Lipinski definition) is 6. The molecule has 3 N–H and O–H groups in total. The lowest BCUT2D eigenvalue weighted by Crippen LogP contribution is -2.36. The second-order valence-electron chi connectivity index (χ2n) is 5.98. The Morgan fingerprint density at radius 1 is 1.25 bits per heavy atom. The number of nitriles is 1. The molecule has 2 rings (SSSR count). The second kappa shape index (κ2) is 9.78. The summed E-state index contributed by atoms with van der Waals surface area (Å²) in [5.41, 5.74) is 7.39. The smallest absolute Gasteiger partial charge is 0.277 e. The average molecular weight is 378 g/mol. The first-order valence-corrected chi connectivity index (χ1v) is 8.63. The highest BCUT2D eigenvalue weighted by atomic mass is 16.5. The van der Waals surface area contributed by atoms with Crippen molar-refractivity contribution in [1.82, 2.24) is 5.32 Å². The molecule has 2 aromatic rings. The van der Waals surface area contributed by atoms with Gasteiger partial charge in [-0.2, -0.15) is 5.26 Å². The summed E-state index contributed by atoms with van der Waals surface area (Å²) in [7, 11) is 1.60. The molecule has 0 radical (unpaired) electrons. The second-order valence-corrected chi connectivity index (χ2v) is 5.98. The number of anilines is 2. The number of rotatable bonds is 7. The average Bonchev–Trinajstić information content (AvgIpc) is 2.69. The maximum Gasteiger partial charge on any atom is 0.277 e. The molecule has 28 heavy (non-hydrogen) atoms. The Labute approximate surface area is 164 Å². The molecule has 0 unspecified atom stereocenters. The molecule has 7 nitrogen and oxygen atoms in total. The monoisotopic (exact) mass is 378 g/mol. The van der Waals surface area contributed by atoms with Gasteiger partial charge in [-0.1, -0.05) is 12.1 Å². The molecule has 0 aliphatic heterocycles. The Kier molecular flexibility index (Phi) is 7.17. The van der Waals surface area contributed by atoms with Gasteiger partial charge in [0.05, 0.1) is 12.8 Å². The van der Waals surface area contributed by atoms with Crippen LogP contribution in [-0.2, 0) is 16.0 Å². The SMILES string of the molecule is COc1cccc(CCN/C=C(/C#N)C(=O)N(C(C)=O)c2ccc(N)cc2)c1. The quantitative estimate of drug-likeness (QED) is 0.331. The van der Waals surface area contributed by atoms with Gasteiger partial charge in [-0.15, -0.1) is 0 Å². The van der Waals surface area contributed by atoms with Crippen LogP contribution < -0.4 is 20.7 Å². The molecule has 144 valence electrons. The number of benzene rings is 2. The molecule has 2 amide bonds. The van der Waals surface area contributed by atoms with E-state index in [1.807, 2.05) is 30.3 Å². The number of hydrogen-bond donors (Lipinski definition) is 2. The minimum atomic E-state index is -0.700. The van der Waals surface area contributed by atoms with Crippen molar-refractivity contribution < 1.29 is 14.3 Å². The lowest BCUT2D eigenvalue weighted by atomic mass is 10.1. The molecule has 0 spiro atoms. The third-order valence-electron chi connectivity index (χ3n) is 3.96. The van der Waals surface area contributed by atoms with Crippen molar-refractivity contribution in [1.29, 1.82) is 5.26 Å². The summed E-state index contributed by atoms with van der Waals surface area (Å²) >= 11 is 0. The number of methoxy groups -OCH3 is 1. The summed E-state index contributed by atoms with van der Waals surface area (Å²) < 4.78 is 5.18. The molecule has 0 bridgehead atoms. The molecule has 0 heterocycles. The van der Waals surface area contributed by atoms with Gasteiger partial charge in [0.1, 0.15) is 17.4 Å². The van der Waals surface area contributed by atoms with Gasteiger partial charge in [0.2, 0.25) is 5.91 Å². The number of nitrogens with two attached hydrogens (primary N) is 1. The van der Waals surface area contributed by atoms with Gasteiger partial charge in [-0.3, -0.25) is 9.59 Å². The molecule has 2 aromatic carbocycles. The van der Waals surface area contributed by atoms with Gasteiger partial charge in [0.25, 0.3) is 5.91 Å². The van der Waals surface area contributed by atoms with Gasteiger partial charge in [0.15, 0.2) is 0 Å². The number of nitrogens with zero attached hydrogens (tertiary/aromatic N) is 2. The molecule has 0 saturated heterocycles. The summed E-state index contributed by atoms with van der Waals surface area (Å²) in [4.78, 5) is 25.6. The first-order chi connectivity index (χ1) is 13.5. The van der Waals surface area contributed by atoms with Gasteiger partial charge >= 0.3 is 0 Å². The van der Waals surface area contributed by atoms with Crippen molar-refractivity contribution >= 4 is 23.2 Å². The zero-order valence-corrected chi connectivity index (χ0v) is 15.8. The van der Waals surface area contributed by atoms with Crippen molar-refractivity contribution in [3.05, 3.63) is 65.9 Å². The summed E-state index contributed by atoms with van der Waals surface area (Å²) in [6, 6.07) is 15.8. The predicted octanol–water partition coefficient (Wildman–Crippen LogP) is 2.40. The highest BCUT2D eigenvalue weighted by molar-refractivity contribution is 6.21. The van der Waals surface area contributed by atoms with E-state index in [1.165, 1.54) is 13.1 Å². The van der Waals surface area contributed by atoms with E-state index in [0.717, 1.165) is 16.2 Å². The number of ether oxygens (including phenoxy) is 1. The Bertz CT molecular complexity index is 914. The molecular formula is C21H22N4O3. The van der Waals surface area contributed by atoms with Gasteiger partial charge in [0, 0.05) is 25.4 Å². The molecule has 7 heteroatoms. The lowest BCUT2D eigenvalue weighted by Gasteiger charge is -2.19. The minimum absolute atomic E-state index is 0.169. The predicted molar refractivity (Wildman–Crippen MR) is 107 cm³/mol. The van der Waals surface area contributed by atoms with E-state index in [4.69, 9.17) is 10.5 Å². The van der Waals surface area contributed by atoms with Crippen LogP contribution >= 0.6 is 0 Å². The van der Waals surface area contributed by atoms with Crippen molar-refractivity contribution in [3.63, 3.8) is 0 Å². The molecule has 0 aromatic heterocycles. The van der Waals surface area contributed by atoms with Crippen LogP contribution in [0.2, 0.25) is 0 Å². The molecule has 0 saturated carbocycles. The van der Waals surface area contributed by atoms with E-state index in [-0.39, 0.29) is 5.57 Å². The molecule has 0 atom stereocenters. The van der Waals surface area contributed by atoms with E-state index in [0.29, 0.717) is 24.3 Å². The zero-order chi connectivity index (χ0) is 20.5. The molecule has 0 aliphatic rings. The Morgan fingerprint density at radius 2 is 1.96 bits per heavy atom. The maximum atomic E-state index is 12.7. The van der Waals surface area contributed by atoms with E-state index >= 15 is 0 Å². The van der Waals surface area contributed by atoms with Crippen LogP contribution in [-0.4, -0.2) is 25.5 Å². The maximum absolute atomic E-state index is 12.7. The number of carbonyl (C=O) groups is 2. The van der Waals surface area contributed by atoms with E-state index in [2.05, 4.69) is 5.32 Å². The minimum Gasteiger partial charge on any atom is -0.497 e. The first-order valence-electron chi connectivity index (χ1n) is 8.63. The van der Waals surface area contributed by atoms with Crippen LogP contribution in [0.25, 0.3) is 0 Å². The van der Waals surface area contributed by atoms with E-state index in [9.17, 15) is 14.9 Å². The third kappa shape index (κ3) is 5.35. The summed E-state index contributed by atoms with van der Waals surface area (Å²) in [6.07, 6.45) is 2.00. The van der Waals surface area contributed by atoms with E-state index in [1.54, 1.807) is 31.4 Å². The Morgan fingerprint density at radius 3 is 2.57 bits per heavy atom. The standard InChI is InChI=1S/C21H22N4O3/c1-15(26)25(19-8-6-18(23)7-9-19)21(27)17(13-22)14-24-11-10-16-4-3-5-20(12-16)28-2/h3-9,12,14,24H,10-11,23H2,1-2H3/b17-14-. The van der Waals surface area contributed by atoms with E-state index < -0.39 is 11.8 Å². The zero-order valence-electron chi connectivity index (χ0n) is 15.8. The largest absolute Gasteiger partial charge is 0.497 e. The fourth-order valence-corrected chi connectivity index (χ4v) is 2.55. The topological polar surface area (TPSA) is 108 Å². The fraction of sp³-hybridized carbons (Fsp3) is 0.190. The Balaban J connectivity index is 2.06. The summed E-state index contributed by atoms with van der Waals surface area (Å²) in [6.45, 7) is 1.77. The van der Waals surface area contributed by atoms with Crippen molar-refractivity contribution in [2.24, 2.45) is 0 Å². The summed E-state index contributed by atoms with van der Waals surface area (Å²) in [5.74, 6) is -0.428. The number of nitrogen functional groups attached to an aromatic ring is 1. The normalized spacial score (nSPS) is 10.7. The van der Waals surface area contributed by atoms with Crippen LogP contribution in [0.4, 0.5) is 11.4 Å². The van der Waals surface area contributed by atoms with Crippen LogP contribution in [0, 0.1) is 11.3 Å². The number of nitrogens with one attached hydrogen (secondary N) is 1. The van der Waals surface area contributed by atoms with Gasteiger partial charge in [-0.25, -0.2) is 4.90 Å². The van der Waals surface area contributed by atoms with Crippen LogP contribution in [0.5, 0.6) is 5.75 Å². The molecular weight excluding hydrogens is 356 g/mol. The highest BCUT2D eigenvalue weighted by Crippen LogP contribution is 2.19. The molecule has 0 aliphatic carbocycles. The van der Waals surface area contributed by atoms with Crippen LogP contribution in [0.3, 0.4) is 0 Å². The fourth-order valence-electron chi connectivity index (χ4n) is 2.55. The first kappa shape index (κ1) is 20.5. The number of carbonyl (C=O) groups excluding carboxylic acids is 2. The number of amides is 2. The van der Waals surface area contributed by atoms with Crippen molar-refractivity contribution in [2.45, 2.75) is 13.3 Å². The van der Waals surface area contributed by atoms with Crippen LogP contribution in [0.15, 0.2) is 60.3 Å². The molecule has 0 fully saturated rings. The number of imide groups is 1. The van der Waals surface area contributed by atoms with Gasteiger partial charge < -0.3 is 15.8 Å². The van der Waals surface area contributed by atoms with Gasteiger partial charge in [-0.05, 0) is 48.4 Å². The highest BCUT2D eigenvalue weighted by Gasteiger charge is 2.23. The van der Waals surface area contributed by atoms with Crippen molar-refractivity contribution in [3.8, 4) is 11.8 Å². The summed E-state index contributed by atoms with van der Waals surface area (Å²) in [5, 5.41) is 12.3. The third-order valence-corrected chi connectivity index (χ3v) is 3.96. The Hall–Kier alpha value is -3.79. The van der Waals surface area contributed by atoms with Crippen molar-refractivity contribution in [2.75, 3.05) is 24.3 Å².